The summed E-state index contributed by atoms with van der Waals surface area (Å²) in [4.78, 5) is 12.5. The highest BCUT2D eigenvalue weighted by Crippen LogP contribution is 2.23. The summed E-state index contributed by atoms with van der Waals surface area (Å²) in [5, 5.41) is 3.10. The number of benzene rings is 2. The van der Waals surface area contributed by atoms with Crippen molar-refractivity contribution >= 4 is 60.4 Å². The quantitative estimate of drug-likeness (QED) is 0.513. The van der Waals surface area contributed by atoms with Crippen LogP contribution in [-0.2, 0) is 0 Å². The van der Waals surface area contributed by atoms with Crippen molar-refractivity contribution in [2.75, 3.05) is 0 Å². The van der Waals surface area contributed by atoms with Gasteiger partial charge in [-0.1, -0.05) is 35.0 Å². The van der Waals surface area contributed by atoms with Crippen molar-refractivity contribution < 1.29 is 4.79 Å². The van der Waals surface area contributed by atoms with Crippen LogP contribution in [0.15, 0.2) is 51.4 Å². The lowest BCUT2D eigenvalue weighted by Crippen LogP contribution is -2.28. The molecule has 110 valence electrons. The van der Waals surface area contributed by atoms with E-state index >= 15 is 0 Å². The van der Waals surface area contributed by atoms with Gasteiger partial charge >= 0.3 is 0 Å². The average Bonchev–Trinajstić information content (AvgIpc) is 2.48. The van der Waals surface area contributed by atoms with E-state index in [2.05, 4.69) is 66.7 Å². The van der Waals surface area contributed by atoms with Gasteiger partial charge in [-0.15, -0.1) is 0 Å². The Balaban J connectivity index is 2.20. The molecule has 2 aromatic carbocycles. The van der Waals surface area contributed by atoms with E-state index in [0.717, 1.165) is 24.5 Å². The molecule has 0 aliphatic heterocycles. The maximum Gasteiger partial charge on any atom is 0.252 e. The van der Waals surface area contributed by atoms with Crippen LogP contribution in [0.1, 0.15) is 35.3 Å². The van der Waals surface area contributed by atoms with E-state index in [9.17, 15) is 4.79 Å². The highest BCUT2D eigenvalue weighted by atomic mass is 127. The molecule has 0 aromatic heterocycles. The molecular formula is C16H14Br2INO. The maximum atomic E-state index is 12.5. The Hall–Kier alpha value is -0.400. The van der Waals surface area contributed by atoms with Crippen molar-refractivity contribution in [2.45, 2.75) is 19.4 Å². The second-order valence-electron chi connectivity index (χ2n) is 4.61. The van der Waals surface area contributed by atoms with Crippen LogP contribution in [0.25, 0.3) is 0 Å². The van der Waals surface area contributed by atoms with Crippen LogP contribution < -0.4 is 5.32 Å². The minimum absolute atomic E-state index is 0.00960. The molecule has 2 aromatic rings. The van der Waals surface area contributed by atoms with Gasteiger partial charge in [0.05, 0.1) is 11.6 Å². The fraction of sp³-hybridized carbons (Fsp3) is 0.188. The first-order valence-electron chi connectivity index (χ1n) is 6.52. The minimum Gasteiger partial charge on any atom is -0.345 e. The molecule has 2 rings (SSSR count). The van der Waals surface area contributed by atoms with Crippen molar-refractivity contribution in [3.63, 3.8) is 0 Å². The molecule has 1 amide bonds. The second kappa shape index (κ2) is 7.74. The Kier molecular flexibility index (Phi) is 6.25. The summed E-state index contributed by atoms with van der Waals surface area (Å²) in [6.45, 7) is 2.07. The van der Waals surface area contributed by atoms with E-state index in [1.165, 1.54) is 0 Å². The third-order valence-electron chi connectivity index (χ3n) is 3.16. The van der Waals surface area contributed by atoms with E-state index < -0.39 is 0 Å². The lowest BCUT2D eigenvalue weighted by atomic mass is 10.0. The summed E-state index contributed by atoms with van der Waals surface area (Å²) >= 11 is 9.07. The summed E-state index contributed by atoms with van der Waals surface area (Å²) in [6.07, 6.45) is 0.842. The molecule has 0 aliphatic rings. The molecule has 0 aliphatic carbocycles. The normalized spacial score (nSPS) is 12.0. The van der Waals surface area contributed by atoms with Crippen molar-refractivity contribution in [1.82, 2.24) is 5.32 Å². The first-order chi connectivity index (χ1) is 10.0. The third kappa shape index (κ3) is 4.53. The van der Waals surface area contributed by atoms with Crippen LogP contribution in [0, 0.1) is 3.57 Å². The van der Waals surface area contributed by atoms with Crippen molar-refractivity contribution in [3.8, 4) is 0 Å². The highest BCUT2D eigenvalue weighted by molar-refractivity contribution is 14.1. The van der Waals surface area contributed by atoms with Crippen LogP contribution in [0.5, 0.6) is 0 Å². The highest BCUT2D eigenvalue weighted by Gasteiger charge is 2.16. The van der Waals surface area contributed by atoms with Crippen molar-refractivity contribution in [2.24, 2.45) is 0 Å². The van der Waals surface area contributed by atoms with Crippen LogP contribution >= 0.6 is 54.5 Å². The SMILES string of the molecule is CCC(NC(=O)c1cc(I)ccc1Br)c1ccc(Br)cc1. The number of carbonyl (C=O) groups is 1. The predicted molar refractivity (Wildman–Crippen MR) is 101 cm³/mol. The molecule has 0 heterocycles. The zero-order valence-corrected chi connectivity index (χ0v) is 16.7. The van der Waals surface area contributed by atoms with Crippen LogP contribution in [-0.4, -0.2) is 5.91 Å². The molecule has 5 heteroatoms. The van der Waals surface area contributed by atoms with E-state index in [-0.39, 0.29) is 11.9 Å². The third-order valence-corrected chi connectivity index (χ3v) is 5.05. The van der Waals surface area contributed by atoms with E-state index in [1.807, 2.05) is 42.5 Å². The Morgan fingerprint density at radius 3 is 2.48 bits per heavy atom. The van der Waals surface area contributed by atoms with Gasteiger partial charge in [0, 0.05) is 12.5 Å². The average molecular weight is 523 g/mol. The summed E-state index contributed by atoms with van der Waals surface area (Å²) in [6, 6.07) is 13.8. The molecule has 2 nitrogen and oxygen atoms in total. The Morgan fingerprint density at radius 2 is 1.86 bits per heavy atom. The number of carbonyl (C=O) groups excluding carboxylic acids is 1. The van der Waals surface area contributed by atoms with Gasteiger partial charge in [-0.05, 0) is 80.8 Å². The van der Waals surface area contributed by atoms with Gasteiger partial charge in [0.1, 0.15) is 0 Å². The van der Waals surface area contributed by atoms with Gasteiger partial charge in [-0.25, -0.2) is 0 Å². The lowest BCUT2D eigenvalue weighted by molar-refractivity contribution is 0.0934. The lowest BCUT2D eigenvalue weighted by Gasteiger charge is -2.18. The number of amides is 1. The molecule has 1 atom stereocenters. The predicted octanol–water partition coefficient (Wildman–Crippen LogP) is 5.70. The number of hydrogen-bond donors (Lipinski definition) is 1. The molecule has 0 bridgehead atoms. The molecule has 0 saturated carbocycles. The van der Waals surface area contributed by atoms with Crippen molar-refractivity contribution in [1.29, 1.82) is 0 Å². The molecule has 0 fully saturated rings. The number of rotatable bonds is 4. The zero-order valence-electron chi connectivity index (χ0n) is 11.4. The molecule has 1 N–H and O–H groups in total. The van der Waals surface area contributed by atoms with Gasteiger partial charge < -0.3 is 5.32 Å². The van der Waals surface area contributed by atoms with E-state index in [0.29, 0.717) is 5.56 Å². The molecule has 0 radical (unpaired) electrons. The minimum atomic E-state index is -0.0600. The van der Waals surface area contributed by atoms with Gasteiger partial charge in [-0.2, -0.15) is 0 Å². The largest absolute Gasteiger partial charge is 0.345 e. The molecule has 21 heavy (non-hydrogen) atoms. The standard InChI is InChI=1S/C16H14Br2INO/c1-2-15(10-3-5-11(17)6-4-10)20-16(21)13-9-12(19)7-8-14(13)18/h3-9,15H,2H2,1H3,(H,20,21). The summed E-state index contributed by atoms with van der Waals surface area (Å²) in [7, 11) is 0. The van der Waals surface area contributed by atoms with Gasteiger partial charge in [0.15, 0.2) is 0 Å². The topological polar surface area (TPSA) is 29.1 Å². The van der Waals surface area contributed by atoms with Gasteiger partial charge in [0.25, 0.3) is 5.91 Å². The van der Waals surface area contributed by atoms with Gasteiger partial charge in [0.2, 0.25) is 0 Å². The Labute approximate surface area is 155 Å². The van der Waals surface area contributed by atoms with E-state index in [1.54, 1.807) is 0 Å². The van der Waals surface area contributed by atoms with Crippen molar-refractivity contribution in [3.05, 3.63) is 66.1 Å². The van der Waals surface area contributed by atoms with Crippen LogP contribution in [0.2, 0.25) is 0 Å². The summed E-state index contributed by atoms with van der Waals surface area (Å²) in [5.74, 6) is -0.0600. The molecule has 1 unspecified atom stereocenters. The molecule has 0 spiro atoms. The monoisotopic (exact) mass is 521 g/mol. The Bertz CT molecular complexity index is 643. The number of nitrogens with one attached hydrogen (secondary N) is 1. The first kappa shape index (κ1) is 17.0. The number of halogens is 3. The van der Waals surface area contributed by atoms with Crippen LogP contribution in [0.3, 0.4) is 0 Å². The smallest absolute Gasteiger partial charge is 0.252 e. The summed E-state index contributed by atoms with van der Waals surface area (Å²) in [5.41, 5.74) is 1.77. The first-order valence-corrected chi connectivity index (χ1v) is 9.19. The molecular weight excluding hydrogens is 509 g/mol. The second-order valence-corrected chi connectivity index (χ2v) is 7.63. The molecule has 0 saturated heterocycles. The number of hydrogen-bond acceptors (Lipinski definition) is 1. The maximum absolute atomic E-state index is 12.5. The fourth-order valence-electron chi connectivity index (χ4n) is 2.02. The van der Waals surface area contributed by atoms with E-state index in [4.69, 9.17) is 0 Å². The van der Waals surface area contributed by atoms with Crippen LogP contribution in [0.4, 0.5) is 0 Å². The zero-order chi connectivity index (χ0) is 15.4. The summed E-state index contributed by atoms with van der Waals surface area (Å²) < 4.78 is 2.89. The fourth-order valence-corrected chi connectivity index (χ4v) is 3.21. The van der Waals surface area contributed by atoms with Gasteiger partial charge in [-0.3, -0.25) is 4.79 Å². The Morgan fingerprint density at radius 1 is 1.19 bits per heavy atom.